The highest BCUT2D eigenvalue weighted by Gasteiger charge is 2.26. The van der Waals surface area contributed by atoms with E-state index in [1.165, 1.54) is 31.6 Å². The zero-order valence-corrected chi connectivity index (χ0v) is 13.9. The van der Waals surface area contributed by atoms with Crippen LogP contribution in [0.4, 0.5) is 5.69 Å². The van der Waals surface area contributed by atoms with Gasteiger partial charge in [0.1, 0.15) is 0 Å². The number of hydrogen-bond donors (Lipinski definition) is 2. The van der Waals surface area contributed by atoms with Gasteiger partial charge in [0.25, 0.3) is 0 Å². The number of piperidine rings is 1. The Morgan fingerprint density at radius 2 is 1.65 bits per heavy atom. The Labute approximate surface area is 138 Å². The van der Waals surface area contributed by atoms with E-state index in [0.717, 1.165) is 37.8 Å². The molecule has 2 aliphatic rings. The predicted molar refractivity (Wildman–Crippen MR) is 93.3 cm³/mol. The van der Waals surface area contributed by atoms with E-state index < -0.39 is 0 Å². The first-order valence-electron chi connectivity index (χ1n) is 8.43. The number of oxime groups is 1. The molecule has 0 unspecified atom stereocenters. The van der Waals surface area contributed by atoms with Crippen molar-refractivity contribution in [2.45, 2.75) is 18.9 Å². The van der Waals surface area contributed by atoms with Gasteiger partial charge in [-0.05, 0) is 57.2 Å². The second kappa shape index (κ2) is 7.19. The maximum absolute atomic E-state index is 8.72. The molecule has 1 aromatic carbocycles. The van der Waals surface area contributed by atoms with Gasteiger partial charge in [-0.2, -0.15) is 0 Å². The molecule has 0 radical (unpaired) electrons. The molecular formula is C17H27N5O. The quantitative estimate of drug-likeness (QED) is 0.377. The average Bonchev–Trinajstić information content (AvgIpc) is 2.62. The molecule has 0 spiro atoms. The molecule has 2 heterocycles. The minimum absolute atomic E-state index is 0.156. The van der Waals surface area contributed by atoms with Gasteiger partial charge in [0.15, 0.2) is 5.84 Å². The largest absolute Gasteiger partial charge is 0.409 e. The summed E-state index contributed by atoms with van der Waals surface area (Å²) in [7, 11) is 2.21. The van der Waals surface area contributed by atoms with Gasteiger partial charge < -0.3 is 20.7 Å². The number of rotatable bonds is 3. The lowest BCUT2D eigenvalue weighted by Crippen LogP contribution is -2.53. The van der Waals surface area contributed by atoms with Crippen LogP contribution in [0.5, 0.6) is 0 Å². The van der Waals surface area contributed by atoms with E-state index in [0.29, 0.717) is 0 Å². The predicted octanol–water partition coefficient (Wildman–Crippen LogP) is 0.997. The third-order valence-corrected chi connectivity index (χ3v) is 5.15. The van der Waals surface area contributed by atoms with Crippen LogP contribution in [0, 0.1) is 0 Å². The zero-order valence-electron chi connectivity index (χ0n) is 13.9. The first kappa shape index (κ1) is 16.1. The summed E-state index contributed by atoms with van der Waals surface area (Å²) in [5.74, 6) is 0.156. The molecule has 3 N–H and O–H groups in total. The Balaban J connectivity index is 1.54. The van der Waals surface area contributed by atoms with Crippen LogP contribution in [0.2, 0.25) is 0 Å². The summed E-state index contributed by atoms with van der Waals surface area (Å²) in [5, 5.41) is 11.8. The fourth-order valence-corrected chi connectivity index (χ4v) is 3.61. The number of hydrogen-bond acceptors (Lipinski definition) is 5. The lowest BCUT2D eigenvalue weighted by molar-refractivity contribution is 0.115. The van der Waals surface area contributed by atoms with Crippen molar-refractivity contribution in [3.63, 3.8) is 0 Å². The molecule has 0 bridgehead atoms. The monoisotopic (exact) mass is 317 g/mol. The summed E-state index contributed by atoms with van der Waals surface area (Å²) in [5.41, 5.74) is 7.57. The number of piperazine rings is 1. The number of nitrogens with two attached hydrogens (primary N) is 1. The molecule has 2 aliphatic heterocycles. The summed E-state index contributed by atoms with van der Waals surface area (Å²) < 4.78 is 0. The van der Waals surface area contributed by atoms with Crippen molar-refractivity contribution in [1.82, 2.24) is 9.80 Å². The molecule has 0 aliphatic carbocycles. The van der Waals surface area contributed by atoms with Gasteiger partial charge in [0.2, 0.25) is 0 Å². The molecule has 2 saturated heterocycles. The van der Waals surface area contributed by atoms with Crippen molar-refractivity contribution >= 4 is 11.5 Å². The minimum Gasteiger partial charge on any atom is -0.409 e. The van der Waals surface area contributed by atoms with E-state index in [9.17, 15) is 0 Å². The zero-order chi connectivity index (χ0) is 16.2. The van der Waals surface area contributed by atoms with Gasteiger partial charge in [-0.15, -0.1) is 0 Å². The Bertz CT molecular complexity index is 528. The molecule has 6 heteroatoms. The summed E-state index contributed by atoms with van der Waals surface area (Å²) in [6.45, 7) is 6.84. The fraction of sp³-hybridized carbons (Fsp3) is 0.588. The van der Waals surface area contributed by atoms with E-state index in [1.54, 1.807) is 0 Å². The highest BCUT2D eigenvalue weighted by molar-refractivity contribution is 5.97. The third kappa shape index (κ3) is 3.76. The maximum Gasteiger partial charge on any atom is 0.170 e. The Kier molecular flexibility index (Phi) is 5.03. The second-order valence-electron chi connectivity index (χ2n) is 6.59. The van der Waals surface area contributed by atoms with Gasteiger partial charge >= 0.3 is 0 Å². The van der Waals surface area contributed by atoms with Gasteiger partial charge in [0.05, 0.1) is 0 Å². The van der Waals surface area contributed by atoms with Gasteiger partial charge in [-0.3, -0.25) is 4.90 Å². The molecule has 0 saturated carbocycles. The Morgan fingerprint density at radius 3 is 2.22 bits per heavy atom. The topological polar surface area (TPSA) is 68.3 Å². The molecule has 6 nitrogen and oxygen atoms in total. The molecule has 126 valence electrons. The lowest BCUT2D eigenvalue weighted by atomic mass is 10.0. The molecule has 0 amide bonds. The van der Waals surface area contributed by atoms with E-state index in [-0.39, 0.29) is 5.84 Å². The molecule has 0 aromatic heterocycles. The van der Waals surface area contributed by atoms with Crippen molar-refractivity contribution in [1.29, 1.82) is 0 Å². The first-order valence-corrected chi connectivity index (χ1v) is 8.43. The van der Waals surface area contributed by atoms with Crippen molar-refractivity contribution in [2.24, 2.45) is 10.9 Å². The molecule has 1 aromatic rings. The normalized spacial score (nSPS) is 22.5. The fourth-order valence-electron chi connectivity index (χ4n) is 3.61. The molecular weight excluding hydrogens is 290 g/mol. The second-order valence-corrected chi connectivity index (χ2v) is 6.59. The number of likely N-dealkylation sites (tertiary alicyclic amines) is 1. The van der Waals surface area contributed by atoms with Crippen molar-refractivity contribution in [3.05, 3.63) is 29.8 Å². The average molecular weight is 317 g/mol. The van der Waals surface area contributed by atoms with E-state index in [1.807, 2.05) is 12.1 Å². The third-order valence-electron chi connectivity index (χ3n) is 5.15. The van der Waals surface area contributed by atoms with Crippen LogP contribution >= 0.6 is 0 Å². The summed E-state index contributed by atoms with van der Waals surface area (Å²) in [6.07, 6.45) is 2.59. The SMILES string of the molecule is CN1CCC(N2CCN(c3ccc(C(N)=NO)cc3)CC2)CC1. The maximum atomic E-state index is 8.72. The van der Waals surface area contributed by atoms with Crippen molar-refractivity contribution < 1.29 is 5.21 Å². The van der Waals surface area contributed by atoms with Crippen LogP contribution in [0.15, 0.2) is 29.4 Å². The summed E-state index contributed by atoms with van der Waals surface area (Å²) in [4.78, 5) is 7.51. The van der Waals surface area contributed by atoms with Crippen molar-refractivity contribution in [3.8, 4) is 0 Å². The standard InChI is InChI=1S/C17H27N5O/c1-20-8-6-16(7-9-20)22-12-10-21(11-13-22)15-4-2-14(3-5-15)17(18)19-23/h2-5,16,23H,6-13H2,1H3,(H2,18,19). The minimum atomic E-state index is 0.156. The van der Waals surface area contributed by atoms with Crippen molar-refractivity contribution in [2.75, 3.05) is 51.2 Å². The van der Waals surface area contributed by atoms with Crippen LogP contribution in [0.25, 0.3) is 0 Å². The number of nitrogens with zero attached hydrogens (tertiary/aromatic N) is 4. The Hall–Kier alpha value is -1.79. The van der Waals surface area contributed by atoms with Crippen LogP contribution in [0.1, 0.15) is 18.4 Å². The van der Waals surface area contributed by atoms with Gasteiger partial charge in [-0.1, -0.05) is 5.16 Å². The van der Waals surface area contributed by atoms with Gasteiger partial charge in [-0.25, -0.2) is 0 Å². The highest BCUT2D eigenvalue weighted by atomic mass is 16.4. The first-order chi connectivity index (χ1) is 11.2. The van der Waals surface area contributed by atoms with E-state index >= 15 is 0 Å². The van der Waals surface area contributed by atoms with Gasteiger partial charge in [0, 0.05) is 43.5 Å². The van der Waals surface area contributed by atoms with E-state index in [2.05, 4.69) is 39.0 Å². The molecule has 3 rings (SSSR count). The van der Waals surface area contributed by atoms with Crippen LogP contribution in [-0.4, -0.2) is 73.2 Å². The number of anilines is 1. The lowest BCUT2D eigenvalue weighted by Gasteiger charge is -2.42. The number of benzene rings is 1. The Morgan fingerprint density at radius 1 is 1.04 bits per heavy atom. The summed E-state index contributed by atoms with van der Waals surface area (Å²) >= 11 is 0. The van der Waals surface area contributed by atoms with E-state index in [4.69, 9.17) is 10.9 Å². The van der Waals surface area contributed by atoms with Crippen LogP contribution in [0.3, 0.4) is 0 Å². The highest BCUT2D eigenvalue weighted by Crippen LogP contribution is 2.21. The summed E-state index contributed by atoms with van der Waals surface area (Å²) in [6, 6.07) is 8.69. The molecule has 0 atom stereocenters. The molecule has 23 heavy (non-hydrogen) atoms. The van der Waals surface area contributed by atoms with Crippen LogP contribution < -0.4 is 10.6 Å². The smallest absolute Gasteiger partial charge is 0.170 e. The van der Waals surface area contributed by atoms with Crippen LogP contribution in [-0.2, 0) is 0 Å². The molecule has 2 fully saturated rings. The number of amidine groups is 1.